The fourth-order valence-corrected chi connectivity index (χ4v) is 6.40. The van der Waals surface area contributed by atoms with Crippen LogP contribution >= 0.6 is 0 Å². The number of aryl methyl sites for hydroxylation is 1. The molecule has 232 valence electrons. The SMILES string of the molecule is CC(C)(C)c1ccc2nc(CCC3CC(C(NC[C@H]4O[C@@H](n5ccc6c(N)ncnc65)[C@@H](O)[C@H]4O)C(F)(F)F)C3)[nH]c2c1. The second-order valence-electron chi connectivity index (χ2n) is 13.0. The minimum atomic E-state index is -4.47. The molecule has 1 aliphatic carbocycles. The summed E-state index contributed by atoms with van der Waals surface area (Å²) in [7, 11) is 0. The van der Waals surface area contributed by atoms with Crippen molar-refractivity contribution in [1.82, 2.24) is 29.8 Å². The molecule has 0 spiro atoms. The lowest BCUT2D eigenvalue weighted by molar-refractivity contribution is -0.180. The number of nitrogens with two attached hydrogens (primary N) is 1. The molecule has 1 aromatic carbocycles. The van der Waals surface area contributed by atoms with Crippen LogP contribution in [0.15, 0.2) is 36.8 Å². The summed E-state index contributed by atoms with van der Waals surface area (Å²) in [5.74, 6) is 0.683. The molecular weight excluding hydrogens is 563 g/mol. The summed E-state index contributed by atoms with van der Waals surface area (Å²) in [6.45, 7) is 6.19. The van der Waals surface area contributed by atoms with Crippen LogP contribution in [0.25, 0.3) is 22.1 Å². The molecule has 2 fully saturated rings. The van der Waals surface area contributed by atoms with Crippen LogP contribution in [-0.2, 0) is 16.6 Å². The van der Waals surface area contributed by atoms with E-state index in [0.29, 0.717) is 30.3 Å². The van der Waals surface area contributed by atoms with Gasteiger partial charge < -0.3 is 35.6 Å². The topological polar surface area (TPSA) is 147 Å². The van der Waals surface area contributed by atoms with E-state index in [1.54, 1.807) is 12.3 Å². The Morgan fingerprint density at radius 3 is 2.63 bits per heavy atom. The summed E-state index contributed by atoms with van der Waals surface area (Å²) in [6.07, 6.45) is -4.13. The number of rotatable bonds is 8. The number of nitrogens with zero attached hydrogens (tertiary/aromatic N) is 4. The number of ether oxygens (including phenoxy) is 1. The van der Waals surface area contributed by atoms with Crippen molar-refractivity contribution < 1.29 is 28.1 Å². The highest BCUT2D eigenvalue weighted by atomic mass is 19.4. The summed E-state index contributed by atoms with van der Waals surface area (Å²) in [5.41, 5.74) is 9.37. The van der Waals surface area contributed by atoms with Gasteiger partial charge in [-0.3, -0.25) is 0 Å². The molecular formula is C30H38F3N7O3. The molecule has 4 aromatic rings. The summed E-state index contributed by atoms with van der Waals surface area (Å²) >= 11 is 0. The third-order valence-electron chi connectivity index (χ3n) is 8.97. The van der Waals surface area contributed by atoms with Gasteiger partial charge in [0.05, 0.1) is 16.4 Å². The number of nitrogens with one attached hydrogen (secondary N) is 2. The number of imidazole rings is 1. The van der Waals surface area contributed by atoms with E-state index in [4.69, 9.17) is 10.5 Å². The molecule has 0 amide bonds. The Morgan fingerprint density at radius 2 is 1.91 bits per heavy atom. The average Bonchev–Trinajstić information content (AvgIpc) is 3.60. The Balaban J connectivity index is 1.04. The predicted molar refractivity (Wildman–Crippen MR) is 155 cm³/mol. The first-order valence-corrected chi connectivity index (χ1v) is 14.7. The number of hydrogen-bond donors (Lipinski definition) is 5. The van der Waals surface area contributed by atoms with E-state index in [1.807, 2.05) is 6.07 Å². The number of alkyl halides is 3. The zero-order valence-electron chi connectivity index (χ0n) is 24.3. The molecule has 0 bridgehead atoms. The van der Waals surface area contributed by atoms with Gasteiger partial charge in [0.2, 0.25) is 0 Å². The van der Waals surface area contributed by atoms with Crippen LogP contribution in [0.3, 0.4) is 0 Å². The first kappa shape index (κ1) is 29.8. The van der Waals surface area contributed by atoms with Gasteiger partial charge in [-0.25, -0.2) is 15.0 Å². The highest BCUT2D eigenvalue weighted by molar-refractivity contribution is 5.86. The number of H-pyrrole nitrogens is 1. The molecule has 6 N–H and O–H groups in total. The molecule has 10 nitrogen and oxygen atoms in total. The van der Waals surface area contributed by atoms with E-state index in [0.717, 1.165) is 23.3 Å². The van der Waals surface area contributed by atoms with Crippen LogP contribution in [0, 0.1) is 11.8 Å². The Bertz CT molecular complexity index is 1590. The fraction of sp³-hybridized carbons (Fsp3) is 0.567. The van der Waals surface area contributed by atoms with Gasteiger partial charge in [-0.05, 0) is 60.3 Å². The number of aliphatic hydroxyl groups is 2. The van der Waals surface area contributed by atoms with E-state index < -0.39 is 42.7 Å². The van der Waals surface area contributed by atoms with Gasteiger partial charge in [-0.2, -0.15) is 13.2 Å². The minimum absolute atomic E-state index is 0.0227. The zero-order valence-corrected chi connectivity index (χ0v) is 24.3. The van der Waals surface area contributed by atoms with Gasteiger partial charge in [0, 0.05) is 19.2 Å². The van der Waals surface area contributed by atoms with Crippen molar-refractivity contribution in [3.8, 4) is 0 Å². The number of halogens is 3. The van der Waals surface area contributed by atoms with Crippen LogP contribution in [0.4, 0.5) is 19.0 Å². The van der Waals surface area contributed by atoms with Crippen LogP contribution in [0.1, 0.15) is 57.6 Å². The lowest BCUT2D eigenvalue weighted by Gasteiger charge is -2.42. The standard InChI is InChI=1S/C30H38F3N7O3/c1-29(2,3)17-5-6-19-20(12-17)39-22(38-19)7-4-15-10-16(11-15)25(30(31,32)33)35-13-21-23(41)24(42)28(43-21)40-9-8-18-26(34)36-14-37-27(18)40/h5-6,8-9,12,14-16,21,23-25,28,35,41-42H,4,7,10-11,13H2,1-3H3,(H,38,39)(H2,34,36,37)/t15?,16?,21-,23+,24+,25?,28-/m1/s1. The largest absolute Gasteiger partial charge is 0.404 e. The Kier molecular flexibility index (Phi) is 7.64. The number of anilines is 1. The van der Waals surface area contributed by atoms with Crippen LogP contribution in [0.5, 0.6) is 0 Å². The van der Waals surface area contributed by atoms with Crippen molar-refractivity contribution in [3.05, 3.63) is 48.2 Å². The molecule has 6 rings (SSSR count). The highest BCUT2D eigenvalue weighted by Gasteiger charge is 2.50. The lowest BCUT2D eigenvalue weighted by Crippen LogP contribution is -2.54. The molecule has 13 heteroatoms. The summed E-state index contributed by atoms with van der Waals surface area (Å²) in [5, 5.41) is 24.4. The molecule has 3 aromatic heterocycles. The van der Waals surface area contributed by atoms with Crippen LogP contribution in [-0.4, -0.2) is 71.8 Å². The third-order valence-corrected chi connectivity index (χ3v) is 8.97. The van der Waals surface area contributed by atoms with Gasteiger partial charge >= 0.3 is 6.18 Å². The Hall–Kier alpha value is -3.26. The first-order chi connectivity index (χ1) is 20.3. The van der Waals surface area contributed by atoms with Crippen LogP contribution < -0.4 is 11.1 Å². The summed E-state index contributed by atoms with van der Waals surface area (Å²) in [4.78, 5) is 16.2. The molecule has 1 saturated carbocycles. The molecule has 2 aliphatic rings. The monoisotopic (exact) mass is 601 g/mol. The number of aliphatic hydroxyl groups excluding tert-OH is 2. The van der Waals surface area contributed by atoms with Crippen molar-refractivity contribution in [2.24, 2.45) is 11.8 Å². The van der Waals surface area contributed by atoms with Crippen molar-refractivity contribution in [3.63, 3.8) is 0 Å². The maximum atomic E-state index is 14.1. The number of aromatic amines is 1. The molecule has 1 aliphatic heterocycles. The predicted octanol–water partition coefficient (Wildman–Crippen LogP) is 3.99. The first-order valence-electron chi connectivity index (χ1n) is 14.7. The average molecular weight is 602 g/mol. The van der Waals surface area contributed by atoms with Gasteiger partial charge in [0.15, 0.2) is 6.23 Å². The molecule has 1 unspecified atom stereocenters. The second kappa shape index (κ2) is 11.0. The van der Waals surface area contributed by atoms with Crippen molar-refractivity contribution >= 4 is 27.9 Å². The van der Waals surface area contributed by atoms with Gasteiger partial charge in [-0.15, -0.1) is 0 Å². The number of nitrogen functional groups attached to an aromatic ring is 1. The zero-order chi connectivity index (χ0) is 30.7. The van der Waals surface area contributed by atoms with Gasteiger partial charge in [-0.1, -0.05) is 26.8 Å². The van der Waals surface area contributed by atoms with Crippen molar-refractivity contribution in [1.29, 1.82) is 0 Å². The second-order valence-corrected chi connectivity index (χ2v) is 13.0. The smallest absolute Gasteiger partial charge is 0.387 e. The fourth-order valence-electron chi connectivity index (χ4n) is 6.40. The van der Waals surface area contributed by atoms with Crippen LogP contribution in [0.2, 0.25) is 0 Å². The summed E-state index contributed by atoms with van der Waals surface area (Å²) < 4.78 is 49.7. The molecule has 5 atom stereocenters. The quantitative estimate of drug-likeness (QED) is 0.204. The molecule has 4 heterocycles. The van der Waals surface area contributed by atoms with E-state index in [-0.39, 0.29) is 23.7 Å². The third kappa shape index (κ3) is 5.83. The lowest BCUT2D eigenvalue weighted by atomic mass is 9.69. The maximum Gasteiger partial charge on any atom is 0.404 e. The Labute approximate surface area is 246 Å². The number of aromatic nitrogens is 5. The van der Waals surface area contributed by atoms with E-state index >= 15 is 0 Å². The van der Waals surface area contributed by atoms with E-state index in [1.165, 1.54) is 16.5 Å². The van der Waals surface area contributed by atoms with E-state index in [2.05, 4.69) is 58.2 Å². The van der Waals surface area contributed by atoms with Gasteiger partial charge in [0.1, 0.15) is 48.0 Å². The van der Waals surface area contributed by atoms with E-state index in [9.17, 15) is 23.4 Å². The highest BCUT2D eigenvalue weighted by Crippen LogP contribution is 2.43. The maximum absolute atomic E-state index is 14.1. The van der Waals surface area contributed by atoms with Crippen molar-refractivity contribution in [2.75, 3.05) is 12.3 Å². The summed E-state index contributed by atoms with van der Waals surface area (Å²) in [6, 6.07) is 6.12. The van der Waals surface area contributed by atoms with Gasteiger partial charge in [0.25, 0.3) is 0 Å². The molecule has 0 radical (unpaired) electrons. The minimum Gasteiger partial charge on any atom is -0.387 e. The number of fused-ring (bicyclic) bond motifs is 2. The van der Waals surface area contributed by atoms with Crippen molar-refractivity contribution in [2.45, 2.75) is 88.6 Å². The number of benzene rings is 1. The molecule has 1 saturated heterocycles. The molecule has 43 heavy (non-hydrogen) atoms. The Morgan fingerprint density at radius 1 is 1.14 bits per heavy atom. The number of hydrogen-bond acceptors (Lipinski definition) is 8. The normalized spacial score (nSPS) is 27.2.